The quantitative estimate of drug-likeness (QED) is 0.583. The summed E-state index contributed by atoms with van der Waals surface area (Å²) in [6.45, 7) is 5.56. The predicted molar refractivity (Wildman–Crippen MR) is 93.5 cm³/mol. The molecule has 3 aromatic rings. The second kappa shape index (κ2) is 7.22. The zero-order valence-electron chi connectivity index (χ0n) is 14.6. The van der Waals surface area contributed by atoms with Crippen molar-refractivity contribution in [1.29, 1.82) is 0 Å². The third-order valence-electron chi connectivity index (χ3n) is 3.57. The zero-order valence-corrected chi connectivity index (χ0v) is 15.4. The molecule has 0 aliphatic heterocycles. The molecule has 0 saturated carbocycles. The molecule has 2 N–H and O–H groups in total. The molecule has 0 atom stereocenters. The van der Waals surface area contributed by atoms with Gasteiger partial charge in [0.1, 0.15) is 16.4 Å². The minimum atomic E-state index is -3.67. The highest BCUT2D eigenvalue weighted by molar-refractivity contribution is 7.89. The number of aryl methyl sites for hydroxylation is 3. The van der Waals surface area contributed by atoms with Gasteiger partial charge in [0.2, 0.25) is 10.0 Å². The highest BCUT2D eigenvalue weighted by Crippen LogP contribution is 2.18. The van der Waals surface area contributed by atoms with Crippen LogP contribution >= 0.6 is 0 Å². The fourth-order valence-corrected chi connectivity index (χ4v) is 3.75. The van der Waals surface area contributed by atoms with Crippen LogP contribution in [0.25, 0.3) is 5.82 Å². The molecule has 0 radical (unpaired) electrons. The van der Waals surface area contributed by atoms with Crippen LogP contribution in [0, 0.1) is 20.8 Å². The minimum Gasteiger partial charge on any atom is -0.367 e. The van der Waals surface area contributed by atoms with Crippen LogP contribution in [0.5, 0.6) is 0 Å². The van der Waals surface area contributed by atoms with E-state index in [2.05, 4.69) is 30.5 Å². The molecular formula is C15H19N7O3S. The van der Waals surface area contributed by atoms with Crippen molar-refractivity contribution in [2.24, 2.45) is 0 Å². The Morgan fingerprint density at radius 1 is 1.12 bits per heavy atom. The molecule has 0 unspecified atom stereocenters. The van der Waals surface area contributed by atoms with Gasteiger partial charge in [-0.15, -0.1) is 10.2 Å². The van der Waals surface area contributed by atoms with Crippen molar-refractivity contribution in [2.75, 3.05) is 18.4 Å². The molecular weight excluding hydrogens is 358 g/mol. The van der Waals surface area contributed by atoms with Crippen LogP contribution in [0.4, 0.5) is 5.82 Å². The van der Waals surface area contributed by atoms with E-state index >= 15 is 0 Å². The molecule has 0 aliphatic rings. The normalized spacial score (nSPS) is 11.7. The topological polar surface area (TPSA) is 128 Å². The fourth-order valence-electron chi connectivity index (χ4n) is 2.39. The first-order chi connectivity index (χ1) is 12.4. The molecule has 11 heteroatoms. The Labute approximate surface area is 150 Å². The third-order valence-corrected chi connectivity index (χ3v) is 5.27. The van der Waals surface area contributed by atoms with Crippen LogP contribution in [-0.4, -0.2) is 46.6 Å². The van der Waals surface area contributed by atoms with Crippen LogP contribution in [-0.2, 0) is 10.0 Å². The fraction of sp³-hybridized carbons (Fsp3) is 0.333. The Hall–Kier alpha value is -2.79. The first-order valence-corrected chi connectivity index (χ1v) is 9.38. The molecule has 0 fully saturated rings. The average molecular weight is 377 g/mol. The van der Waals surface area contributed by atoms with Crippen molar-refractivity contribution < 1.29 is 12.9 Å². The first kappa shape index (κ1) is 18.0. The van der Waals surface area contributed by atoms with Gasteiger partial charge in [0, 0.05) is 19.3 Å². The van der Waals surface area contributed by atoms with E-state index in [-0.39, 0.29) is 17.2 Å². The van der Waals surface area contributed by atoms with E-state index < -0.39 is 10.0 Å². The van der Waals surface area contributed by atoms with Crippen LogP contribution in [0.1, 0.15) is 17.1 Å². The van der Waals surface area contributed by atoms with Gasteiger partial charge in [-0.1, -0.05) is 5.16 Å². The zero-order chi connectivity index (χ0) is 18.7. The Bertz CT molecular complexity index is 973. The van der Waals surface area contributed by atoms with E-state index in [1.54, 1.807) is 36.9 Å². The van der Waals surface area contributed by atoms with Crippen LogP contribution < -0.4 is 10.0 Å². The van der Waals surface area contributed by atoms with Gasteiger partial charge in [-0.05, 0) is 39.0 Å². The monoisotopic (exact) mass is 377 g/mol. The van der Waals surface area contributed by atoms with E-state index in [1.807, 2.05) is 13.0 Å². The summed E-state index contributed by atoms with van der Waals surface area (Å²) in [6.07, 6.45) is 1.80. The lowest BCUT2D eigenvalue weighted by atomic mass is 10.4. The lowest BCUT2D eigenvalue weighted by Crippen LogP contribution is -2.29. The van der Waals surface area contributed by atoms with Crippen LogP contribution in [0.2, 0.25) is 0 Å². The molecule has 0 bridgehead atoms. The molecule has 3 heterocycles. The number of nitrogens with zero attached hydrogens (tertiary/aromatic N) is 5. The van der Waals surface area contributed by atoms with Gasteiger partial charge in [-0.3, -0.25) is 0 Å². The summed E-state index contributed by atoms with van der Waals surface area (Å²) in [7, 11) is -3.67. The predicted octanol–water partition coefficient (Wildman–Crippen LogP) is 0.966. The van der Waals surface area contributed by atoms with Crippen LogP contribution in [0.3, 0.4) is 0 Å². The average Bonchev–Trinajstić information content (AvgIpc) is 3.18. The number of aromatic nitrogens is 5. The molecule has 0 saturated heterocycles. The molecule has 0 amide bonds. The molecule has 0 aliphatic carbocycles. The van der Waals surface area contributed by atoms with E-state index in [1.165, 1.54) is 0 Å². The summed E-state index contributed by atoms with van der Waals surface area (Å²) in [4.78, 5) is 0.0798. The number of hydrogen-bond acceptors (Lipinski definition) is 8. The smallest absolute Gasteiger partial charge is 0.246 e. The van der Waals surface area contributed by atoms with E-state index in [0.717, 1.165) is 5.69 Å². The van der Waals surface area contributed by atoms with Crippen molar-refractivity contribution in [2.45, 2.75) is 25.7 Å². The van der Waals surface area contributed by atoms with Crippen molar-refractivity contribution in [3.63, 3.8) is 0 Å². The minimum absolute atomic E-state index is 0.0798. The first-order valence-electron chi connectivity index (χ1n) is 7.89. The molecule has 26 heavy (non-hydrogen) atoms. The maximum atomic E-state index is 12.3. The highest BCUT2D eigenvalue weighted by atomic mass is 32.2. The van der Waals surface area contributed by atoms with Crippen molar-refractivity contribution in [3.05, 3.63) is 41.5 Å². The molecule has 10 nitrogen and oxygen atoms in total. The summed E-state index contributed by atoms with van der Waals surface area (Å²) in [5.41, 5.74) is 1.22. The summed E-state index contributed by atoms with van der Waals surface area (Å²) in [5, 5.41) is 19.1. The Balaban J connectivity index is 1.54. The van der Waals surface area contributed by atoms with Gasteiger partial charge >= 0.3 is 0 Å². The summed E-state index contributed by atoms with van der Waals surface area (Å²) in [5.74, 6) is 1.40. The van der Waals surface area contributed by atoms with Crippen molar-refractivity contribution in [1.82, 2.24) is 29.9 Å². The molecule has 138 valence electrons. The molecule has 0 spiro atoms. The van der Waals surface area contributed by atoms with Crippen molar-refractivity contribution in [3.8, 4) is 5.82 Å². The maximum absolute atomic E-state index is 12.3. The van der Waals surface area contributed by atoms with E-state index in [9.17, 15) is 8.42 Å². The van der Waals surface area contributed by atoms with Gasteiger partial charge in [-0.2, -0.15) is 5.10 Å². The van der Waals surface area contributed by atoms with Crippen LogP contribution in [0.15, 0.2) is 33.8 Å². The Morgan fingerprint density at radius 3 is 2.50 bits per heavy atom. The maximum Gasteiger partial charge on any atom is 0.246 e. The Kier molecular flexibility index (Phi) is 5.00. The van der Waals surface area contributed by atoms with Gasteiger partial charge in [0.25, 0.3) is 0 Å². The molecule has 3 aromatic heterocycles. The number of anilines is 1. The molecule has 3 rings (SSSR count). The lowest BCUT2D eigenvalue weighted by molar-refractivity contribution is 0.390. The molecule has 0 aromatic carbocycles. The largest absolute Gasteiger partial charge is 0.367 e. The summed E-state index contributed by atoms with van der Waals surface area (Å²) < 4.78 is 33.6. The van der Waals surface area contributed by atoms with E-state index in [0.29, 0.717) is 23.9 Å². The summed E-state index contributed by atoms with van der Waals surface area (Å²) >= 11 is 0. The lowest BCUT2D eigenvalue weighted by Gasteiger charge is -2.08. The van der Waals surface area contributed by atoms with Gasteiger partial charge in [-0.25, -0.2) is 17.8 Å². The Morgan fingerprint density at radius 2 is 1.92 bits per heavy atom. The highest BCUT2D eigenvalue weighted by Gasteiger charge is 2.23. The van der Waals surface area contributed by atoms with Crippen molar-refractivity contribution >= 4 is 15.8 Å². The second-order valence-corrected chi connectivity index (χ2v) is 7.36. The number of nitrogens with one attached hydrogen (secondary N) is 2. The third kappa shape index (κ3) is 3.89. The number of hydrogen-bond donors (Lipinski definition) is 2. The van der Waals surface area contributed by atoms with E-state index in [4.69, 9.17) is 4.52 Å². The number of sulfonamides is 1. The van der Waals surface area contributed by atoms with Gasteiger partial charge < -0.3 is 9.84 Å². The van der Waals surface area contributed by atoms with Gasteiger partial charge in [0.15, 0.2) is 11.6 Å². The summed E-state index contributed by atoms with van der Waals surface area (Å²) in [6, 6.07) is 5.40. The van der Waals surface area contributed by atoms with Gasteiger partial charge in [0.05, 0.1) is 5.69 Å². The number of rotatable bonds is 7. The SMILES string of the molecule is Cc1ccn(-c2ccc(NCCNS(=O)(=O)c3c(C)noc3C)nn2)n1. The standard InChI is InChI=1S/C15H19N7O3S/c1-10-6-9-22(20-10)14-5-4-13(18-19-14)16-7-8-17-26(23,24)15-11(2)21-25-12(15)3/h4-6,9,17H,7-8H2,1-3H3,(H,16,18). The second-order valence-electron chi connectivity index (χ2n) is 5.66.